The first-order valence-electron chi connectivity index (χ1n) is 10.5. The van der Waals surface area contributed by atoms with Gasteiger partial charge in [0, 0.05) is 10.2 Å². The van der Waals surface area contributed by atoms with Gasteiger partial charge in [-0.3, -0.25) is 0 Å². The van der Waals surface area contributed by atoms with Gasteiger partial charge >= 0.3 is 7.48 Å². The van der Waals surface area contributed by atoms with Crippen molar-refractivity contribution in [1.29, 1.82) is 5.26 Å². The lowest BCUT2D eigenvalue weighted by atomic mass is 9.85. The Morgan fingerprint density at radius 3 is 2.43 bits per heavy atom. The molecule has 30 heavy (non-hydrogen) atoms. The third-order valence-corrected chi connectivity index (χ3v) is 8.13. The van der Waals surface area contributed by atoms with E-state index < -0.39 is 11.2 Å². The first-order chi connectivity index (χ1) is 14.1. The van der Waals surface area contributed by atoms with Crippen molar-refractivity contribution in [2.75, 3.05) is 0 Å². The third kappa shape index (κ3) is 4.62. The summed E-state index contributed by atoms with van der Waals surface area (Å²) in [5.74, 6) is 0. The number of unbranched alkanes of at least 4 members (excludes halogenated alkanes) is 3. The zero-order valence-corrected chi connectivity index (χ0v) is 20.1. The molecule has 0 atom stereocenters. The van der Waals surface area contributed by atoms with E-state index in [1.54, 1.807) is 32.7 Å². The van der Waals surface area contributed by atoms with Crippen molar-refractivity contribution in [3.05, 3.63) is 23.3 Å². The molecule has 0 bridgehead atoms. The predicted octanol–water partition coefficient (Wildman–Crippen LogP) is 4.71. The quantitative estimate of drug-likeness (QED) is 0.391. The molecule has 3 aromatic rings. The molecule has 3 nitrogen and oxygen atoms in total. The largest absolute Gasteiger partial charge is 0.426 e. The number of hydrogen-bond donors (Lipinski definition) is 1. The number of thiophene rings is 2. The molecule has 0 aliphatic heterocycles. The van der Waals surface area contributed by atoms with Crippen LogP contribution in [0, 0.1) is 11.3 Å². The van der Waals surface area contributed by atoms with Crippen molar-refractivity contribution in [2.24, 2.45) is 0 Å². The molecular formula is C23H28B2NO2S2. The van der Waals surface area contributed by atoms with E-state index >= 15 is 0 Å². The number of aryl methyl sites for hydroxylation is 1. The van der Waals surface area contributed by atoms with Gasteiger partial charge in [-0.1, -0.05) is 26.2 Å². The number of nitriles is 1. The van der Waals surface area contributed by atoms with Gasteiger partial charge in [0.05, 0.1) is 26.2 Å². The highest BCUT2D eigenvalue weighted by molar-refractivity contribution is 7.34. The Morgan fingerprint density at radius 1 is 1.10 bits per heavy atom. The molecule has 0 saturated heterocycles. The van der Waals surface area contributed by atoms with Crippen molar-refractivity contribution in [1.82, 2.24) is 0 Å². The molecule has 0 spiro atoms. The number of aliphatic hydroxyl groups is 1. The SMILES string of the molecule is [B]c1cc2c(C#N)c(CCCCCC)c3cc([B]OC(C)(C)C(C)(C)O)sc3c2s1. The van der Waals surface area contributed by atoms with Crippen LogP contribution in [0.5, 0.6) is 0 Å². The van der Waals surface area contributed by atoms with Crippen LogP contribution in [0.3, 0.4) is 0 Å². The van der Waals surface area contributed by atoms with Gasteiger partial charge in [-0.05, 0) is 68.4 Å². The minimum atomic E-state index is -0.978. The third-order valence-electron chi connectivity index (χ3n) is 5.94. The van der Waals surface area contributed by atoms with Gasteiger partial charge in [-0.15, -0.1) is 11.3 Å². The Labute approximate surface area is 189 Å². The van der Waals surface area contributed by atoms with Crippen molar-refractivity contribution < 1.29 is 9.76 Å². The average Bonchev–Trinajstić information content (AvgIpc) is 3.25. The van der Waals surface area contributed by atoms with Gasteiger partial charge in [-0.2, -0.15) is 16.6 Å². The molecule has 0 fully saturated rings. The van der Waals surface area contributed by atoms with Crippen LogP contribution in [-0.4, -0.2) is 31.6 Å². The maximum absolute atomic E-state index is 10.4. The molecule has 1 N–H and O–H groups in total. The van der Waals surface area contributed by atoms with Crippen molar-refractivity contribution >= 4 is 67.7 Å². The standard InChI is InChI=1S/C23H28B2NO2S2/c1-6-7-8-9-10-14-16-12-19(25-28-23(4,5)22(2,3)27)30-21(16)20-15(17(14)13-26)11-18(24)29-20/h11-12,27H,6-10H2,1-5H3. The summed E-state index contributed by atoms with van der Waals surface area (Å²) in [6.45, 7) is 9.45. The zero-order valence-electron chi connectivity index (χ0n) is 18.5. The number of nitrogens with zero attached hydrogens (tertiary/aromatic N) is 1. The summed E-state index contributed by atoms with van der Waals surface area (Å²) in [7, 11) is 7.85. The predicted molar refractivity (Wildman–Crippen MR) is 132 cm³/mol. The summed E-state index contributed by atoms with van der Waals surface area (Å²) in [5.41, 5.74) is 0.163. The van der Waals surface area contributed by atoms with Gasteiger partial charge in [-0.25, -0.2) is 0 Å². The zero-order chi connectivity index (χ0) is 22.1. The van der Waals surface area contributed by atoms with E-state index in [0.717, 1.165) is 53.7 Å². The van der Waals surface area contributed by atoms with Gasteiger partial charge in [0.2, 0.25) is 0 Å². The molecule has 2 heterocycles. The normalized spacial score (nSPS) is 12.6. The Bertz CT molecular complexity index is 1090. The molecule has 3 radical (unpaired) electrons. The van der Waals surface area contributed by atoms with Gasteiger partial charge < -0.3 is 9.76 Å². The fraction of sp³-hybridized carbons (Fsp3) is 0.522. The second kappa shape index (κ2) is 9.04. The first kappa shape index (κ1) is 23.3. The summed E-state index contributed by atoms with van der Waals surface area (Å²) in [6.07, 6.45) is 5.52. The van der Waals surface area contributed by atoms with E-state index in [1.807, 2.05) is 19.9 Å². The smallest absolute Gasteiger partial charge is 0.341 e. The van der Waals surface area contributed by atoms with Gasteiger partial charge in [0.1, 0.15) is 13.9 Å². The van der Waals surface area contributed by atoms with Crippen LogP contribution in [0.1, 0.15) is 71.4 Å². The highest BCUT2D eigenvalue weighted by Crippen LogP contribution is 2.38. The van der Waals surface area contributed by atoms with Crippen LogP contribution in [0.15, 0.2) is 12.1 Å². The minimum absolute atomic E-state index is 0.726. The number of rotatable bonds is 9. The summed E-state index contributed by atoms with van der Waals surface area (Å²) in [4.78, 5) is 0. The Kier molecular flexibility index (Phi) is 7.04. The Hall–Kier alpha value is -1.32. The lowest BCUT2D eigenvalue weighted by Crippen LogP contribution is -2.49. The highest BCUT2D eigenvalue weighted by Gasteiger charge is 2.36. The van der Waals surface area contributed by atoms with Gasteiger partial charge in [0.15, 0.2) is 0 Å². The minimum Gasteiger partial charge on any atom is -0.426 e. The highest BCUT2D eigenvalue weighted by atomic mass is 32.1. The van der Waals surface area contributed by atoms with Crippen molar-refractivity contribution in [3.63, 3.8) is 0 Å². The second-order valence-electron chi connectivity index (χ2n) is 8.86. The molecule has 0 unspecified atom stereocenters. The summed E-state index contributed by atoms with van der Waals surface area (Å²) < 4.78 is 9.92. The number of fused-ring (bicyclic) bond motifs is 3. The second-order valence-corrected chi connectivity index (χ2v) is 11.0. The lowest BCUT2D eigenvalue weighted by Gasteiger charge is -2.37. The Morgan fingerprint density at radius 2 is 1.80 bits per heavy atom. The molecule has 155 valence electrons. The fourth-order valence-electron chi connectivity index (χ4n) is 3.39. The van der Waals surface area contributed by atoms with E-state index in [-0.39, 0.29) is 0 Å². The van der Waals surface area contributed by atoms with Crippen LogP contribution >= 0.6 is 22.7 Å². The lowest BCUT2D eigenvalue weighted by molar-refractivity contribution is -0.0892. The van der Waals surface area contributed by atoms with Crippen LogP contribution in [-0.2, 0) is 11.1 Å². The molecule has 7 heteroatoms. The molecule has 3 rings (SSSR count). The molecule has 0 aliphatic rings. The van der Waals surface area contributed by atoms with Crippen LogP contribution in [0.25, 0.3) is 20.2 Å². The molecule has 2 aromatic heterocycles. The van der Waals surface area contributed by atoms with E-state index in [4.69, 9.17) is 12.5 Å². The molecule has 0 amide bonds. The van der Waals surface area contributed by atoms with E-state index in [0.29, 0.717) is 0 Å². The first-order valence-corrected chi connectivity index (χ1v) is 12.1. The van der Waals surface area contributed by atoms with Crippen molar-refractivity contribution in [2.45, 2.75) is 77.9 Å². The topological polar surface area (TPSA) is 53.2 Å². The molecule has 1 aromatic carbocycles. The maximum Gasteiger partial charge on any atom is 0.341 e. The van der Waals surface area contributed by atoms with E-state index in [2.05, 4.69) is 19.1 Å². The summed E-state index contributed by atoms with van der Waals surface area (Å²) in [5, 5.41) is 22.4. The average molecular weight is 436 g/mol. The number of benzene rings is 1. The monoisotopic (exact) mass is 436 g/mol. The Balaban J connectivity index is 2.05. The van der Waals surface area contributed by atoms with E-state index in [9.17, 15) is 10.4 Å². The van der Waals surface area contributed by atoms with E-state index in [1.165, 1.54) is 30.6 Å². The van der Waals surface area contributed by atoms with Crippen LogP contribution < -0.4 is 9.55 Å². The van der Waals surface area contributed by atoms with Crippen LogP contribution in [0.4, 0.5) is 0 Å². The fourth-order valence-corrected chi connectivity index (χ4v) is 5.53. The molecule has 0 saturated carbocycles. The molecular weight excluding hydrogens is 408 g/mol. The molecule has 0 aliphatic carbocycles. The summed E-state index contributed by atoms with van der Waals surface area (Å²) >= 11 is 3.19. The van der Waals surface area contributed by atoms with Crippen molar-refractivity contribution in [3.8, 4) is 6.07 Å². The maximum atomic E-state index is 10.4. The van der Waals surface area contributed by atoms with Crippen LogP contribution in [0.2, 0.25) is 0 Å². The number of hydrogen-bond acceptors (Lipinski definition) is 5. The van der Waals surface area contributed by atoms with Gasteiger partial charge in [0.25, 0.3) is 0 Å². The summed E-state index contributed by atoms with van der Waals surface area (Å²) in [6, 6.07) is 6.50.